The highest BCUT2D eigenvalue weighted by Crippen LogP contribution is 2.31. The van der Waals surface area contributed by atoms with Gasteiger partial charge in [-0.3, -0.25) is 0 Å². The summed E-state index contributed by atoms with van der Waals surface area (Å²) in [4.78, 5) is 0. The van der Waals surface area contributed by atoms with E-state index >= 15 is 0 Å². The van der Waals surface area contributed by atoms with E-state index in [9.17, 15) is 30.6 Å². The van der Waals surface area contributed by atoms with E-state index in [2.05, 4.69) is 0 Å². The van der Waals surface area contributed by atoms with Crippen molar-refractivity contribution in [3.05, 3.63) is 35.9 Å². The minimum Gasteiger partial charge on any atom is -0.394 e. The number of hydrogen-bond donors (Lipinski definition) is 6. The maximum absolute atomic E-state index is 10.5. The van der Waals surface area contributed by atoms with Crippen molar-refractivity contribution in [2.45, 2.75) is 55.1 Å². The van der Waals surface area contributed by atoms with Crippen LogP contribution < -0.4 is 0 Å². The van der Waals surface area contributed by atoms with Crippen molar-refractivity contribution in [2.24, 2.45) is 0 Å². The van der Waals surface area contributed by atoms with Crippen LogP contribution in [0.15, 0.2) is 30.3 Å². The first-order valence-electron chi connectivity index (χ1n) is 9.46. The van der Waals surface area contributed by atoms with Gasteiger partial charge in [-0.15, -0.1) is 0 Å². The Kier molecular flexibility index (Phi) is 7.57. The van der Waals surface area contributed by atoms with Crippen LogP contribution in [0.4, 0.5) is 0 Å². The normalized spacial score (nSPS) is 40.3. The van der Waals surface area contributed by atoms with Crippen LogP contribution in [0.5, 0.6) is 0 Å². The summed E-state index contributed by atoms with van der Waals surface area (Å²) in [5, 5.41) is 59.5. The lowest BCUT2D eigenvalue weighted by Crippen LogP contribution is -2.61. The summed E-state index contributed by atoms with van der Waals surface area (Å²) in [5.74, 6) is 0. The summed E-state index contributed by atoms with van der Waals surface area (Å²) in [6.07, 6.45) is -8.93. The molecule has 6 N–H and O–H groups in total. The van der Waals surface area contributed by atoms with Gasteiger partial charge in [0.2, 0.25) is 0 Å². The summed E-state index contributed by atoms with van der Waals surface area (Å²) < 4.78 is 22.0. The minimum atomic E-state index is -1.90. The van der Waals surface area contributed by atoms with Crippen LogP contribution in [0.25, 0.3) is 0 Å². The van der Waals surface area contributed by atoms with Crippen molar-refractivity contribution in [1.29, 1.82) is 0 Å². The summed E-state index contributed by atoms with van der Waals surface area (Å²) in [5.41, 5.74) is -0.885. The van der Waals surface area contributed by atoms with Gasteiger partial charge in [0.25, 0.3) is 0 Å². The van der Waals surface area contributed by atoms with Crippen LogP contribution >= 0.6 is 0 Å². The second-order valence-corrected chi connectivity index (χ2v) is 7.30. The first kappa shape index (κ1) is 22.5. The van der Waals surface area contributed by atoms with Gasteiger partial charge in [0.05, 0.1) is 26.4 Å². The molecule has 8 atom stereocenters. The Morgan fingerprint density at radius 1 is 1.03 bits per heavy atom. The Hall–Kier alpha value is -1.18. The fourth-order valence-electron chi connectivity index (χ4n) is 3.34. The molecule has 2 heterocycles. The third kappa shape index (κ3) is 4.94. The quantitative estimate of drug-likeness (QED) is 0.268. The average molecular weight is 416 g/mol. The van der Waals surface area contributed by atoms with E-state index in [0.29, 0.717) is 6.42 Å². The molecule has 0 saturated carbocycles. The highest BCUT2D eigenvalue weighted by atomic mass is 16.8. The first-order valence-corrected chi connectivity index (χ1v) is 9.46. The Morgan fingerprint density at radius 3 is 2.38 bits per heavy atom. The van der Waals surface area contributed by atoms with Crippen molar-refractivity contribution in [1.82, 2.24) is 0 Å². The van der Waals surface area contributed by atoms with E-state index in [1.807, 2.05) is 30.3 Å². The third-order valence-corrected chi connectivity index (χ3v) is 5.21. The SMILES string of the molecule is OC[C@H]1O[C@@H](OCCc2ccccc2)[C@H](O[C@@H]2OC[C@](O)(CO)[C@H]2O)[C@@H](O)[C@@H]1O. The molecule has 0 aromatic heterocycles. The lowest BCUT2D eigenvalue weighted by Gasteiger charge is -2.42. The van der Waals surface area contributed by atoms with Crippen LogP contribution in [0.2, 0.25) is 0 Å². The molecule has 0 unspecified atom stereocenters. The molecule has 1 aromatic carbocycles. The van der Waals surface area contributed by atoms with Crippen LogP contribution in [-0.4, -0.2) is 106 Å². The number of rotatable bonds is 8. The highest BCUT2D eigenvalue weighted by Gasteiger charge is 2.53. The molecule has 0 amide bonds. The summed E-state index contributed by atoms with van der Waals surface area (Å²) in [6.45, 7) is -1.47. The van der Waals surface area contributed by atoms with Gasteiger partial charge in [-0.05, 0) is 12.0 Å². The molecule has 29 heavy (non-hydrogen) atoms. The molecule has 2 saturated heterocycles. The van der Waals surface area contributed by atoms with Crippen molar-refractivity contribution in [3.8, 4) is 0 Å². The predicted octanol–water partition coefficient (Wildman–Crippen LogP) is -2.49. The van der Waals surface area contributed by atoms with Crippen LogP contribution in [0.3, 0.4) is 0 Å². The molecule has 2 fully saturated rings. The third-order valence-electron chi connectivity index (χ3n) is 5.21. The summed E-state index contributed by atoms with van der Waals surface area (Å²) in [6, 6.07) is 9.52. The maximum Gasteiger partial charge on any atom is 0.187 e. The van der Waals surface area contributed by atoms with E-state index in [4.69, 9.17) is 18.9 Å². The molecule has 3 rings (SSSR count). The number of aliphatic hydroxyl groups is 6. The fourth-order valence-corrected chi connectivity index (χ4v) is 3.34. The molecule has 0 spiro atoms. The van der Waals surface area contributed by atoms with Gasteiger partial charge in [0.1, 0.15) is 36.1 Å². The molecule has 0 bridgehead atoms. The number of ether oxygens (including phenoxy) is 4. The summed E-state index contributed by atoms with van der Waals surface area (Å²) >= 11 is 0. The minimum absolute atomic E-state index is 0.199. The second-order valence-electron chi connectivity index (χ2n) is 7.30. The van der Waals surface area contributed by atoms with Gasteiger partial charge in [0, 0.05) is 0 Å². The summed E-state index contributed by atoms with van der Waals surface area (Å²) in [7, 11) is 0. The van der Waals surface area contributed by atoms with Crippen LogP contribution in [0, 0.1) is 0 Å². The molecule has 0 radical (unpaired) electrons. The molecule has 1 aromatic rings. The van der Waals surface area contributed by atoms with Crippen molar-refractivity contribution >= 4 is 0 Å². The monoisotopic (exact) mass is 416 g/mol. The number of aliphatic hydroxyl groups excluding tert-OH is 5. The zero-order valence-corrected chi connectivity index (χ0v) is 15.8. The molecular weight excluding hydrogens is 388 g/mol. The Bertz CT molecular complexity index is 631. The smallest absolute Gasteiger partial charge is 0.187 e. The Balaban J connectivity index is 1.67. The fraction of sp³-hybridized carbons (Fsp3) is 0.684. The molecule has 0 aliphatic carbocycles. The van der Waals surface area contributed by atoms with E-state index in [0.717, 1.165) is 5.56 Å². The topological polar surface area (TPSA) is 158 Å². The average Bonchev–Trinajstić information content (AvgIpc) is 3.02. The van der Waals surface area contributed by atoms with Gasteiger partial charge in [-0.1, -0.05) is 30.3 Å². The molecule has 164 valence electrons. The van der Waals surface area contributed by atoms with E-state index < -0.39 is 61.9 Å². The van der Waals surface area contributed by atoms with Gasteiger partial charge in [0.15, 0.2) is 12.6 Å². The van der Waals surface area contributed by atoms with Crippen molar-refractivity contribution in [3.63, 3.8) is 0 Å². The molecule has 2 aliphatic heterocycles. The highest BCUT2D eigenvalue weighted by molar-refractivity contribution is 5.14. The van der Waals surface area contributed by atoms with Crippen molar-refractivity contribution < 1.29 is 49.6 Å². The largest absolute Gasteiger partial charge is 0.394 e. The van der Waals surface area contributed by atoms with Gasteiger partial charge in [-0.2, -0.15) is 0 Å². The lowest BCUT2D eigenvalue weighted by atomic mass is 9.98. The zero-order valence-electron chi connectivity index (χ0n) is 15.8. The molecule has 10 heteroatoms. The molecule has 2 aliphatic rings. The second kappa shape index (κ2) is 9.75. The van der Waals surface area contributed by atoms with E-state index in [1.54, 1.807) is 0 Å². The predicted molar refractivity (Wildman–Crippen MR) is 96.5 cm³/mol. The van der Waals surface area contributed by atoms with Crippen LogP contribution in [-0.2, 0) is 25.4 Å². The van der Waals surface area contributed by atoms with Crippen molar-refractivity contribution in [2.75, 3.05) is 26.4 Å². The van der Waals surface area contributed by atoms with E-state index in [-0.39, 0.29) is 13.2 Å². The lowest BCUT2D eigenvalue weighted by molar-refractivity contribution is -0.335. The zero-order chi connectivity index (χ0) is 21.0. The first-order chi connectivity index (χ1) is 13.9. The Labute approximate surface area is 167 Å². The molecule has 10 nitrogen and oxygen atoms in total. The van der Waals surface area contributed by atoms with Crippen LogP contribution in [0.1, 0.15) is 5.56 Å². The molecular formula is C19H28O10. The number of hydrogen-bond acceptors (Lipinski definition) is 10. The van der Waals surface area contributed by atoms with Gasteiger partial charge < -0.3 is 49.6 Å². The standard InChI is InChI=1S/C19H28O10/c20-8-12-13(22)14(23)15(29-18-16(24)19(25,9-21)10-27-18)17(28-12)26-7-6-11-4-2-1-3-5-11/h1-5,12-18,20-25H,6-10H2/t12-,13-,14+,15-,16+,17-,18+,19-/m1/s1. The van der Waals surface area contributed by atoms with Gasteiger partial charge >= 0.3 is 0 Å². The number of benzene rings is 1. The van der Waals surface area contributed by atoms with Gasteiger partial charge in [-0.25, -0.2) is 0 Å². The maximum atomic E-state index is 10.5. The van der Waals surface area contributed by atoms with E-state index in [1.165, 1.54) is 0 Å². The Morgan fingerprint density at radius 2 is 1.76 bits per heavy atom.